The highest BCUT2D eigenvalue weighted by molar-refractivity contribution is 7.16. The van der Waals surface area contributed by atoms with Crippen molar-refractivity contribution < 1.29 is 0 Å². The lowest BCUT2D eigenvalue weighted by Crippen LogP contribution is -2.32. The van der Waals surface area contributed by atoms with Gasteiger partial charge >= 0.3 is 0 Å². The van der Waals surface area contributed by atoms with Crippen molar-refractivity contribution in [2.45, 2.75) is 38.8 Å². The van der Waals surface area contributed by atoms with Crippen LogP contribution in [0.25, 0.3) is 0 Å². The van der Waals surface area contributed by atoms with Crippen molar-refractivity contribution in [1.82, 2.24) is 5.32 Å². The molecule has 86 valence electrons. The van der Waals surface area contributed by atoms with E-state index in [1.54, 1.807) is 11.3 Å². The first-order chi connectivity index (χ1) is 6.97. The van der Waals surface area contributed by atoms with Gasteiger partial charge in [0.05, 0.1) is 4.34 Å². The maximum absolute atomic E-state index is 5.89. The summed E-state index contributed by atoms with van der Waals surface area (Å²) in [7, 11) is 0. The van der Waals surface area contributed by atoms with E-state index in [-0.39, 0.29) is 5.54 Å². The normalized spacial score (nSPS) is 12.0. The highest BCUT2D eigenvalue weighted by Crippen LogP contribution is 2.20. The van der Waals surface area contributed by atoms with Crippen LogP contribution >= 0.6 is 22.9 Å². The number of hydrogen-bond acceptors (Lipinski definition) is 3. The minimum atomic E-state index is -0.0477. The first kappa shape index (κ1) is 13.0. The molecule has 0 amide bonds. The van der Waals surface area contributed by atoms with Crippen LogP contribution in [-0.2, 0) is 6.54 Å². The predicted molar refractivity (Wildman–Crippen MR) is 68.5 cm³/mol. The molecule has 0 spiro atoms. The molecule has 0 unspecified atom stereocenters. The summed E-state index contributed by atoms with van der Waals surface area (Å²) in [5.41, 5.74) is 5.84. The number of thiophene rings is 1. The van der Waals surface area contributed by atoms with E-state index in [4.69, 9.17) is 17.3 Å². The SMILES string of the molecule is CC(C)(N)CCCNCc1ccc(Cl)s1. The molecule has 0 aromatic carbocycles. The molecule has 0 fully saturated rings. The lowest BCUT2D eigenvalue weighted by atomic mass is 10.0. The molecule has 15 heavy (non-hydrogen) atoms. The summed E-state index contributed by atoms with van der Waals surface area (Å²) in [5.74, 6) is 0. The summed E-state index contributed by atoms with van der Waals surface area (Å²) in [4.78, 5) is 1.28. The molecular weight excluding hydrogens is 228 g/mol. The van der Waals surface area contributed by atoms with Crippen LogP contribution in [0.5, 0.6) is 0 Å². The molecule has 0 aliphatic rings. The van der Waals surface area contributed by atoms with Crippen molar-refractivity contribution in [3.05, 3.63) is 21.3 Å². The second-order valence-electron chi connectivity index (χ2n) is 4.47. The van der Waals surface area contributed by atoms with Crippen molar-refractivity contribution in [1.29, 1.82) is 0 Å². The summed E-state index contributed by atoms with van der Waals surface area (Å²) in [6.07, 6.45) is 2.16. The Labute approximate surface area is 101 Å². The standard InChI is InChI=1S/C11H19ClN2S/c1-11(2,13)6-3-7-14-8-9-4-5-10(12)15-9/h4-5,14H,3,6-8,13H2,1-2H3. The van der Waals surface area contributed by atoms with Gasteiger partial charge in [0.1, 0.15) is 0 Å². The summed E-state index contributed by atoms with van der Waals surface area (Å²) in [6, 6.07) is 4.00. The van der Waals surface area contributed by atoms with Crippen LogP contribution < -0.4 is 11.1 Å². The molecule has 1 heterocycles. The van der Waals surface area contributed by atoms with Crippen LogP contribution in [0.4, 0.5) is 0 Å². The topological polar surface area (TPSA) is 38.0 Å². The molecule has 0 aliphatic carbocycles. The second-order valence-corrected chi connectivity index (χ2v) is 6.27. The van der Waals surface area contributed by atoms with Crippen molar-refractivity contribution in [3.8, 4) is 0 Å². The molecular formula is C11H19ClN2S. The summed E-state index contributed by atoms with van der Waals surface area (Å²) >= 11 is 7.46. The molecule has 0 saturated heterocycles. The van der Waals surface area contributed by atoms with E-state index in [9.17, 15) is 0 Å². The van der Waals surface area contributed by atoms with Crippen molar-refractivity contribution in [3.63, 3.8) is 0 Å². The lowest BCUT2D eigenvalue weighted by Gasteiger charge is -2.17. The Balaban J connectivity index is 2.07. The van der Waals surface area contributed by atoms with Crippen LogP contribution in [0.1, 0.15) is 31.6 Å². The van der Waals surface area contributed by atoms with Gasteiger partial charge in [0.15, 0.2) is 0 Å². The van der Waals surface area contributed by atoms with Crippen LogP contribution in [0, 0.1) is 0 Å². The number of hydrogen-bond donors (Lipinski definition) is 2. The molecule has 1 rings (SSSR count). The summed E-state index contributed by atoms with van der Waals surface area (Å²) in [6.45, 7) is 6.04. The van der Waals surface area contributed by atoms with Gasteiger partial charge in [-0.05, 0) is 45.4 Å². The van der Waals surface area contributed by atoms with Crippen LogP contribution in [0.2, 0.25) is 4.34 Å². The van der Waals surface area contributed by atoms with Gasteiger partial charge in [-0.3, -0.25) is 0 Å². The third-order valence-electron chi connectivity index (χ3n) is 2.10. The van der Waals surface area contributed by atoms with Gasteiger partial charge in [-0.15, -0.1) is 11.3 Å². The molecule has 3 N–H and O–H groups in total. The van der Waals surface area contributed by atoms with Crippen molar-refractivity contribution in [2.75, 3.05) is 6.54 Å². The summed E-state index contributed by atoms with van der Waals surface area (Å²) < 4.78 is 0.856. The molecule has 2 nitrogen and oxygen atoms in total. The molecule has 1 aromatic heterocycles. The maximum atomic E-state index is 5.89. The highest BCUT2D eigenvalue weighted by atomic mass is 35.5. The second kappa shape index (κ2) is 5.85. The quantitative estimate of drug-likeness (QED) is 0.758. The number of nitrogens with two attached hydrogens (primary N) is 1. The zero-order valence-electron chi connectivity index (χ0n) is 9.35. The third kappa shape index (κ3) is 6.15. The van der Waals surface area contributed by atoms with Gasteiger partial charge in [-0.2, -0.15) is 0 Å². The van der Waals surface area contributed by atoms with Crippen molar-refractivity contribution >= 4 is 22.9 Å². The zero-order valence-corrected chi connectivity index (χ0v) is 10.9. The van der Waals surface area contributed by atoms with E-state index in [0.29, 0.717) is 0 Å². The van der Waals surface area contributed by atoms with Crippen LogP contribution in [0.15, 0.2) is 12.1 Å². The Bertz CT molecular complexity index is 291. The fourth-order valence-electron chi connectivity index (χ4n) is 1.33. The number of halogens is 1. The average Bonchev–Trinajstić information content (AvgIpc) is 2.49. The molecule has 0 radical (unpaired) electrons. The van der Waals surface area contributed by atoms with Gasteiger partial charge < -0.3 is 11.1 Å². The number of nitrogens with one attached hydrogen (secondary N) is 1. The fourth-order valence-corrected chi connectivity index (χ4v) is 2.38. The van der Waals surface area contributed by atoms with Gasteiger partial charge in [-0.1, -0.05) is 11.6 Å². The summed E-state index contributed by atoms with van der Waals surface area (Å²) in [5, 5.41) is 3.38. The van der Waals surface area contributed by atoms with Gasteiger partial charge in [0, 0.05) is 17.0 Å². The third-order valence-corrected chi connectivity index (χ3v) is 3.33. The van der Waals surface area contributed by atoms with Gasteiger partial charge in [0.2, 0.25) is 0 Å². The molecule has 0 bridgehead atoms. The first-order valence-corrected chi connectivity index (χ1v) is 6.41. The molecule has 0 atom stereocenters. The molecule has 0 saturated carbocycles. The van der Waals surface area contributed by atoms with E-state index >= 15 is 0 Å². The van der Waals surface area contributed by atoms with E-state index in [1.165, 1.54) is 4.88 Å². The van der Waals surface area contributed by atoms with E-state index in [2.05, 4.69) is 25.2 Å². The average molecular weight is 247 g/mol. The minimum Gasteiger partial charge on any atom is -0.326 e. The Kier molecular flexibility index (Phi) is 5.06. The molecule has 1 aromatic rings. The largest absolute Gasteiger partial charge is 0.326 e. The number of rotatable bonds is 6. The molecule has 0 aliphatic heterocycles. The molecule has 4 heteroatoms. The van der Waals surface area contributed by atoms with Crippen molar-refractivity contribution in [2.24, 2.45) is 5.73 Å². The zero-order chi connectivity index (χ0) is 11.3. The predicted octanol–water partition coefficient (Wildman–Crippen LogP) is 3.01. The Morgan fingerprint density at radius 3 is 2.73 bits per heavy atom. The van der Waals surface area contributed by atoms with E-state index in [0.717, 1.165) is 30.3 Å². The monoisotopic (exact) mass is 246 g/mol. The van der Waals surface area contributed by atoms with Gasteiger partial charge in [0.25, 0.3) is 0 Å². The van der Waals surface area contributed by atoms with Gasteiger partial charge in [-0.25, -0.2) is 0 Å². The lowest BCUT2D eigenvalue weighted by molar-refractivity contribution is 0.449. The Morgan fingerprint density at radius 1 is 1.47 bits per heavy atom. The maximum Gasteiger partial charge on any atom is 0.0931 e. The fraction of sp³-hybridized carbons (Fsp3) is 0.636. The van der Waals surface area contributed by atoms with Crippen LogP contribution in [-0.4, -0.2) is 12.1 Å². The first-order valence-electron chi connectivity index (χ1n) is 5.21. The Morgan fingerprint density at radius 2 is 2.20 bits per heavy atom. The smallest absolute Gasteiger partial charge is 0.0931 e. The van der Waals surface area contributed by atoms with E-state index < -0.39 is 0 Å². The van der Waals surface area contributed by atoms with E-state index in [1.807, 2.05) is 6.07 Å². The Hall–Kier alpha value is -0.0900. The van der Waals surface area contributed by atoms with Crippen LogP contribution in [0.3, 0.4) is 0 Å². The minimum absolute atomic E-state index is 0.0477. The highest BCUT2D eigenvalue weighted by Gasteiger charge is 2.08.